The van der Waals surface area contributed by atoms with Gasteiger partial charge in [-0.2, -0.15) is 0 Å². The molecule has 0 saturated heterocycles. The molecule has 5 unspecified atom stereocenters. The second-order valence-corrected chi connectivity index (χ2v) is 29.1. The highest BCUT2D eigenvalue weighted by molar-refractivity contribution is 7.47. The fourth-order valence-electron chi connectivity index (χ4n) is 10.3. The normalized spacial score (nSPS) is 14.6. The van der Waals surface area contributed by atoms with Crippen molar-refractivity contribution in [1.82, 2.24) is 0 Å². The summed E-state index contributed by atoms with van der Waals surface area (Å²) in [7, 11) is -9.99. The van der Waals surface area contributed by atoms with Crippen LogP contribution in [0.25, 0.3) is 0 Å². The number of aliphatic hydroxyl groups excluding tert-OH is 1. The molecule has 0 rings (SSSR count). The van der Waals surface area contributed by atoms with Gasteiger partial charge in [0.15, 0.2) is 12.2 Å². The summed E-state index contributed by atoms with van der Waals surface area (Å²) in [5.41, 5.74) is 0. The summed E-state index contributed by atoms with van der Waals surface area (Å²) in [6.07, 6.45) is 86.8. The van der Waals surface area contributed by atoms with Crippen LogP contribution in [0.1, 0.15) is 310 Å². The summed E-state index contributed by atoms with van der Waals surface area (Å²) in [6.45, 7) is 4.45. The third-order valence-corrected chi connectivity index (χ3v) is 18.2. The Labute approximate surface area is 630 Å². The third kappa shape index (κ3) is 75.2. The highest BCUT2D eigenvalue weighted by atomic mass is 31.2. The minimum absolute atomic E-state index is 0.0562. The van der Waals surface area contributed by atoms with Crippen LogP contribution < -0.4 is 0 Å². The number of hydrogen-bond acceptors (Lipinski definition) is 15. The van der Waals surface area contributed by atoms with E-state index in [1.165, 1.54) is 64.2 Å². The maximum Gasteiger partial charge on any atom is 0.472 e. The van der Waals surface area contributed by atoms with Gasteiger partial charge in [-0.1, -0.05) is 289 Å². The predicted octanol–water partition coefficient (Wildman–Crippen LogP) is 23.4. The lowest BCUT2D eigenvalue weighted by atomic mass is 10.0. The first-order valence-electron chi connectivity index (χ1n) is 40.1. The van der Waals surface area contributed by atoms with E-state index in [-0.39, 0.29) is 25.7 Å². The highest BCUT2D eigenvalue weighted by Crippen LogP contribution is 2.45. The Kier molecular flexibility index (Phi) is 72.4. The Morgan fingerprint density at radius 3 is 0.788 bits per heavy atom. The zero-order valence-electron chi connectivity index (χ0n) is 64.9. The van der Waals surface area contributed by atoms with E-state index >= 15 is 0 Å². The van der Waals surface area contributed by atoms with Gasteiger partial charge < -0.3 is 33.8 Å². The molecule has 0 aromatic heterocycles. The smallest absolute Gasteiger partial charge is 0.462 e. The largest absolute Gasteiger partial charge is 0.472 e. The lowest BCUT2D eigenvalue weighted by Gasteiger charge is -2.21. The third-order valence-electron chi connectivity index (χ3n) is 16.3. The molecule has 0 heterocycles. The van der Waals surface area contributed by atoms with Gasteiger partial charge in [-0.25, -0.2) is 9.13 Å². The molecule has 0 aromatic carbocycles. The topological polar surface area (TPSA) is 237 Å². The summed E-state index contributed by atoms with van der Waals surface area (Å²) in [4.78, 5) is 73.0. The molecule has 19 heteroatoms. The number of esters is 4. The minimum atomic E-state index is -5.00. The van der Waals surface area contributed by atoms with Crippen molar-refractivity contribution in [2.24, 2.45) is 0 Å². The number of phosphoric ester groups is 2. The van der Waals surface area contributed by atoms with E-state index in [0.717, 1.165) is 167 Å². The molecule has 104 heavy (non-hydrogen) atoms. The second kappa shape index (κ2) is 76.1. The van der Waals surface area contributed by atoms with E-state index in [2.05, 4.69) is 174 Å². The van der Waals surface area contributed by atoms with Gasteiger partial charge in [-0.05, 0) is 141 Å². The fourth-order valence-corrected chi connectivity index (χ4v) is 11.9. The van der Waals surface area contributed by atoms with Gasteiger partial charge in [0.2, 0.25) is 0 Å². The van der Waals surface area contributed by atoms with Crippen LogP contribution in [0.5, 0.6) is 0 Å². The first kappa shape index (κ1) is 98.9. The Balaban J connectivity index is 5.45. The van der Waals surface area contributed by atoms with Crippen LogP contribution in [-0.4, -0.2) is 96.7 Å². The van der Waals surface area contributed by atoms with Crippen LogP contribution in [0.2, 0.25) is 0 Å². The van der Waals surface area contributed by atoms with E-state index in [1.807, 2.05) is 0 Å². The molecule has 594 valence electrons. The monoisotopic (exact) mass is 1500 g/mol. The molecule has 0 fully saturated rings. The molecule has 0 aliphatic rings. The van der Waals surface area contributed by atoms with Gasteiger partial charge in [0.1, 0.15) is 19.3 Å². The van der Waals surface area contributed by atoms with E-state index < -0.39 is 97.5 Å². The number of carbonyl (C=O) groups is 4. The first-order valence-corrected chi connectivity index (χ1v) is 43.1. The molecule has 0 radical (unpaired) electrons. The van der Waals surface area contributed by atoms with Crippen molar-refractivity contribution in [3.05, 3.63) is 146 Å². The van der Waals surface area contributed by atoms with E-state index in [1.54, 1.807) is 0 Å². The quantitative estimate of drug-likeness (QED) is 0.0169. The molecule has 0 bridgehead atoms. The zero-order valence-corrected chi connectivity index (χ0v) is 66.7. The van der Waals surface area contributed by atoms with Crippen LogP contribution in [0.15, 0.2) is 146 Å². The standard InChI is InChI=1S/C85H142O17P2/c1-5-9-13-17-21-25-29-33-37-39-43-46-50-54-58-62-66-70-83(88)96-76-81(102-85(90)72-68-64-60-56-52-48-44-40-38-34-30-26-22-18-14-10-6-2)78-100-104(93,94)98-74-79(86)73-97-103(91,92)99-77-80(101-84(89)71-67-63-59-55-51-47-42-36-32-28-24-20-16-12-8-4)75-95-82(87)69-65-61-57-53-49-45-41-35-31-27-23-19-15-11-7-3/h9-11,13-15,21-23,25-27,33-35,37-38,41,43-44,46,48-49,53,79-81,86H,5-8,12,16-20,24,28-32,36,39-40,42,45,47,50-52,54-78H2,1-4H3,(H,91,92)(H,93,94)/b13-9-,14-10-,15-11-,25-21-,26-22-,27-23-,37-33-,38-34-,41-35-,46-43-,48-44-,53-49-. The maximum atomic E-state index is 13.1. The number of carbonyl (C=O) groups excluding carboxylic acids is 4. The van der Waals surface area contributed by atoms with Gasteiger partial charge in [-0.15, -0.1) is 0 Å². The summed E-state index contributed by atoms with van der Waals surface area (Å²) in [6, 6.07) is 0. The Morgan fingerprint density at radius 1 is 0.279 bits per heavy atom. The van der Waals surface area contributed by atoms with Crippen molar-refractivity contribution in [3.8, 4) is 0 Å². The average molecular weight is 1500 g/mol. The van der Waals surface area contributed by atoms with Gasteiger partial charge in [0, 0.05) is 25.7 Å². The molecule has 0 aliphatic carbocycles. The first-order chi connectivity index (χ1) is 50.7. The summed E-state index contributed by atoms with van der Waals surface area (Å²) in [5.74, 6) is -2.27. The molecule has 0 aliphatic heterocycles. The summed E-state index contributed by atoms with van der Waals surface area (Å²) in [5, 5.41) is 10.6. The number of phosphoric acid groups is 2. The van der Waals surface area contributed by atoms with Gasteiger partial charge >= 0.3 is 39.5 Å². The zero-order chi connectivity index (χ0) is 76.0. The number of allylic oxidation sites excluding steroid dienone is 24. The summed E-state index contributed by atoms with van der Waals surface area (Å²) < 4.78 is 68.6. The van der Waals surface area contributed by atoms with Gasteiger partial charge in [0.05, 0.1) is 26.4 Å². The van der Waals surface area contributed by atoms with Gasteiger partial charge in [-0.3, -0.25) is 37.3 Å². The van der Waals surface area contributed by atoms with Crippen LogP contribution >= 0.6 is 15.6 Å². The number of rotatable bonds is 74. The van der Waals surface area contributed by atoms with Crippen molar-refractivity contribution >= 4 is 39.5 Å². The molecule has 0 spiro atoms. The highest BCUT2D eigenvalue weighted by Gasteiger charge is 2.30. The van der Waals surface area contributed by atoms with Crippen LogP contribution in [0.4, 0.5) is 0 Å². The molecule has 5 atom stereocenters. The molecular formula is C85H142O17P2. The van der Waals surface area contributed by atoms with Crippen molar-refractivity contribution < 1.29 is 80.2 Å². The number of aliphatic hydroxyl groups is 1. The maximum absolute atomic E-state index is 13.1. The molecule has 0 amide bonds. The molecule has 0 aromatic rings. The Bertz CT molecular complexity index is 2540. The van der Waals surface area contributed by atoms with Crippen molar-refractivity contribution in [2.75, 3.05) is 39.6 Å². The second-order valence-electron chi connectivity index (χ2n) is 26.2. The molecule has 17 nitrogen and oxygen atoms in total. The summed E-state index contributed by atoms with van der Waals surface area (Å²) >= 11 is 0. The SMILES string of the molecule is CC/C=C\C/C=C\C/C=C\C/C=C\CCCCCCC(=O)OCC(COP(=O)(O)OCC(O)COP(=O)(O)OCC(COC(=O)CCCC/C=C\C/C=C\C/C=C\C/C=C\CC)OC(=O)CCCCCCCCCCCCCCCCC)OC(=O)CCCCCC/C=C\C/C=C\C/C=C\C/C=C\CC. The molecular weight excluding hydrogens is 1350 g/mol. The molecule has 3 N–H and O–H groups in total. The lowest BCUT2D eigenvalue weighted by Crippen LogP contribution is -2.30. The van der Waals surface area contributed by atoms with Gasteiger partial charge in [0.25, 0.3) is 0 Å². The Hall–Kier alpha value is -5.06. The van der Waals surface area contributed by atoms with Crippen molar-refractivity contribution in [2.45, 2.75) is 329 Å². The van der Waals surface area contributed by atoms with E-state index in [9.17, 15) is 43.2 Å². The Morgan fingerprint density at radius 2 is 0.500 bits per heavy atom. The van der Waals surface area contributed by atoms with Crippen molar-refractivity contribution in [1.29, 1.82) is 0 Å². The average Bonchev–Trinajstić information content (AvgIpc) is 0.926. The minimum Gasteiger partial charge on any atom is -0.462 e. The van der Waals surface area contributed by atoms with Crippen molar-refractivity contribution in [3.63, 3.8) is 0 Å². The lowest BCUT2D eigenvalue weighted by molar-refractivity contribution is -0.161. The number of ether oxygens (including phenoxy) is 4. The number of unbranched alkanes of at least 4 members (excludes halogenated alkanes) is 24. The fraction of sp³-hybridized carbons (Fsp3) is 0.671. The molecule has 0 saturated carbocycles. The van der Waals surface area contributed by atoms with Crippen LogP contribution in [0, 0.1) is 0 Å². The van der Waals surface area contributed by atoms with Crippen LogP contribution in [-0.2, 0) is 65.4 Å². The van der Waals surface area contributed by atoms with E-state index in [4.69, 9.17) is 37.0 Å². The number of hydrogen-bond donors (Lipinski definition) is 3. The predicted molar refractivity (Wildman–Crippen MR) is 427 cm³/mol. The van der Waals surface area contributed by atoms with E-state index in [0.29, 0.717) is 25.7 Å². The van der Waals surface area contributed by atoms with Crippen LogP contribution in [0.3, 0.4) is 0 Å².